The molecule has 0 aromatic heterocycles. The molecule has 1 aliphatic carbocycles. The number of rotatable bonds is 4. The van der Waals surface area contributed by atoms with Crippen LogP contribution in [-0.2, 0) is 5.41 Å². The maximum Gasteiger partial charge on any atom is 0.119 e. The molecule has 1 fully saturated rings. The fraction of sp³-hybridized carbons (Fsp3) is 0.600. The summed E-state index contributed by atoms with van der Waals surface area (Å²) in [6.45, 7) is 5.31. The van der Waals surface area contributed by atoms with Gasteiger partial charge >= 0.3 is 0 Å². The fourth-order valence-electron chi connectivity index (χ4n) is 2.60. The molecule has 0 bridgehead atoms. The van der Waals surface area contributed by atoms with Gasteiger partial charge in [0.05, 0.1) is 6.61 Å². The third kappa shape index (κ3) is 3.04. The number of benzene rings is 1. The van der Waals surface area contributed by atoms with Crippen LogP contribution in [0.1, 0.15) is 45.1 Å². The van der Waals surface area contributed by atoms with Crippen LogP contribution in [0.5, 0.6) is 5.75 Å². The normalized spacial score (nSPS) is 28.3. The Morgan fingerprint density at radius 1 is 1.35 bits per heavy atom. The summed E-state index contributed by atoms with van der Waals surface area (Å²) in [7, 11) is 0. The molecule has 2 atom stereocenters. The second-order valence-corrected chi connectivity index (χ2v) is 6.57. The molecule has 0 N–H and O–H groups in total. The van der Waals surface area contributed by atoms with Gasteiger partial charge < -0.3 is 4.74 Å². The third-order valence-electron chi connectivity index (χ3n) is 3.71. The molecule has 1 saturated carbocycles. The van der Waals surface area contributed by atoms with Crippen LogP contribution in [0.15, 0.2) is 24.3 Å². The molecule has 0 amide bonds. The lowest BCUT2D eigenvalue weighted by Crippen LogP contribution is -2.17. The summed E-state index contributed by atoms with van der Waals surface area (Å²) < 4.78 is 5.62. The first-order valence-corrected chi connectivity index (χ1v) is 7.43. The quantitative estimate of drug-likeness (QED) is 0.733. The zero-order chi connectivity index (χ0) is 12.3. The first-order valence-electron chi connectivity index (χ1n) is 6.51. The van der Waals surface area contributed by atoms with E-state index in [1.807, 2.05) is 0 Å². The monoisotopic (exact) mass is 296 g/mol. The van der Waals surface area contributed by atoms with Crippen LogP contribution < -0.4 is 4.74 Å². The van der Waals surface area contributed by atoms with E-state index in [1.165, 1.54) is 24.8 Å². The maximum absolute atomic E-state index is 5.62. The molecule has 2 heteroatoms. The molecule has 17 heavy (non-hydrogen) atoms. The van der Waals surface area contributed by atoms with E-state index < -0.39 is 0 Å². The van der Waals surface area contributed by atoms with Crippen LogP contribution >= 0.6 is 15.9 Å². The molecule has 1 aromatic rings. The number of alkyl halides is 1. The lowest BCUT2D eigenvalue weighted by molar-refractivity contribution is 0.317. The number of halogens is 1. The number of hydrogen-bond donors (Lipinski definition) is 0. The second-order valence-electron chi connectivity index (χ2n) is 5.27. The van der Waals surface area contributed by atoms with Crippen molar-refractivity contribution in [1.82, 2.24) is 0 Å². The lowest BCUT2D eigenvalue weighted by Gasteiger charge is -2.24. The summed E-state index contributed by atoms with van der Waals surface area (Å²) in [6, 6.07) is 8.68. The van der Waals surface area contributed by atoms with Crippen molar-refractivity contribution in [3.05, 3.63) is 29.8 Å². The molecule has 0 saturated heterocycles. The Kier molecular flexibility index (Phi) is 4.13. The average Bonchev–Trinajstić information content (AvgIpc) is 2.68. The highest BCUT2D eigenvalue weighted by Gasteiger charge is 2.35. The van der Waals surface area contributed by atoms with E-state index in [1.54, 1.807) is 0 Å². The van der Waals surface area contributed by atoms with Gasteiger partial charge in [0.25, 0.3) is 0 Å². The molecule has 0 radical (unpaired) electrons. The van der Waals surface area contributed by atoms with Crippen molar-refractivity contribution < 1.29 is 4.74 Å². The fourth-order valence-corrected chi connectivity index (χ4v) is 3.55. The summed E-state index contributed by atoms with van der Waals surface area (Å²) in [5.74, 6) is 0.993. The Morgan fingerprint density at radius 3 is 2.59 bits per heavy atom. The van der Waals surface area contributed by atoms with Crippen LogP contribution in [0.3, 0.4) is 0 Å². The Morgan fingerprint density at radius 2 is 2.06 bits per heavy atom. The maximum atomic E-state index is 5.62. The van der Waals surface area contributed by atoms with Gasteiger partial charge in [0, 0.05) is 4.83 Å². The largest absolute Gasteiger partial charge is 0.494 e. The van der Waals surface area contributed by atoms with Gasteiger partial charge in [-0.25, -0.2) is 0 Å². The second kappa shape index (κ2) is 5.43. The summed E-state index contributed by atoms with van der Waals surface area (Å²) in [5, 5.41) is 0. The predicted octanol–water partition coefficient (Wildman–Crippen LogP) is 4.68. The standard InChI is InChI=1S/C15H21BrO/c1-3-10-17-14-6-4-12(5-7-14)15(2)9-8-13(16)11-15/h4-7,13H,3,8-11H2,1-2H3. The van der Waals surface area contributed by atoms with E-state index in [4.69, 9.17) is 4.74 Å². The summed E-state index contributed by atoms with van der Waals surface area (Å²) in [4.78, 5) is 0.684. The summed E-state index contributed by atoms with van der Waals surface area (Å²) in [6.07, 6.45) is 4.86. The van der Waals surface area contributed by atoms with Crippen molar-refractivity contribution in [1.29, 1.82) is 0 Å². The van der Waals surface area contributed by atoms with E-state index in [0.29, 0.717) is 10.2 Å². The van der Waals surface area contributed by atoms with Crippen LogP contribution in [0.4, 0.5) is 0 Å². The van der Waals surface area contributed by atoms with Gasteiger partial charge in [-0.1, -0.05) is 41.9 Å². The first kappa shape index (κ1) is 12.9. The Labute approximate surface area is 113 Å². The van der Waals surface area contributed by atoms with Crippen molar-refractivity contribution in [2.75, 3.05) is 6.61 Å². The minimum Gasteiger partial charge on any atom is -0.494 e. The van der Waals surface area contributed by atoms with Gasteiger partial charge in [0.2, 0.25) is 0 Å². The van der Waals surface area contributed by atoms with E-state index >= 15 is 0 Å². The average molecular weight is 297 g/mol. The highest BCUT2D eigenvalue weighted by molar-refractivity contribution is 9.09. The van der Waals surface area contributed by atoms with Crippen molar-refractivity contribution >= 4 is 15.9 Å². The molecule has 2 unspecified atom stereocenters. The molecule has 1 nitrogen and oxygen atoms in total. The van der Waals surface area contributed by atoms with Crippen molar-refractivity contribution in [3.8, 4) is 5.75 Å². The third-order valence-corrected chi connectivity index (χ3v) is 4.49. The van der Waals surface area contributed by atoms with Crippen LogP contribution in [0.25, 0.3) is 0 Å². The Hall–Kier alpha value is -0.500. The number of hydrogen-bond acceptors (Lipinski definition) is 1. The van der Waals surface area contributed by atoms with Crippen molar-refractivity contribution in [3.63, 3.8) is 0 Å². The highest BCUT2D eigenvalue weighted by Crippen LogP contribution is 2.43. The lowest BCUT2D eigenvalue weighted by atomic mass is 9.81. The summed E-state index contributed by atoms with van der Waals surface area (Å²) >= 11 is 3.74. The van der Waals surface area contributed by atoms with E-state index in [0.717, 1.165) is 18.8 Å². The predicted molar refractivity (Wildman–Crippen MR) is 76.1 cm³/mol. The molecular formula is C15H21BrO. The van der Waals surface area contributed by atoms with E-state index in [-0.39, 0.29) is 0 Å². The van der Waals surface area contributed by atoms with Crippen molar-refractivity contribution in [2.24, 2.45) is 0 Å². The molecule has 1 aliphatic rings. The van der Waals surface area contributed by atoms with Crippen LogP contribution in [-0.4, -0.2) is 11.4 Å². The Balaban J connectivity index is 2.07. The highest BCUT2D eigenvalue weighted by atomic mass is 79.9. The van der Waals surface area contributed by atoms with Crippen LogP contribution in [0.2, 0.25) is 0 Å². The van der Waals surface area contributed by atoms with Gasteiger partial charge in [-0.15, -0.1) is 0 Å². The molecule has 0 spiro atoms. The zero-order valence-electron chi connectivity index (χ0n) is 10.7. The van der Waals surface area contributed by atoms with Gasteiger partial charge in [-0.3, -0.25) is 0 Å². The Bertz CT molecular complexity index is 360. The number of ether oxygens (including phenoxy) is 1. The molecule has 94 valence electrons. The molecule has 0 aliphatic heterocycles. The molecule has 0 heterocycles. The smallest absolute Gasteiger partial charge is 0.119 e. The van der Waals surface area contributed by atoms with Gasteiger partial charge in [-0.05, 0) is 48.8 Å². The zero-order valence-corrected chi connectivity index (χ0v) is 12.3. The van der Waals surface area contributed by atoms with E-state index in [2.05, 4.69) is 54.0 Å². The minimum atomic E-state index is 0.345. The van der Waals surface area contributed by atoms with Gasteiger partial charge in [0.1, 0.15) is 5.75 Å². The molecule has 2 rings (SSSR count). The topological polar surface area (TPSA) is 9.23 Å². The van der Waals surface area contributed by atoms with Crippen LogP contribution in [0, 0.1) is 0 Å². The van der Waals surface area contributed by atoms with Gasteiger partial charge in [0.15, 0.2) is 0 Å². The molecule has 1 aromatic carbocycles. The minimum absolute atomic E-state index is 0.345. The SMILES string of the molecule is CCCOc1ccc(C2(C)CCC(Br)C2)cc1. The summed E-state index contributed by atoms with van der Waals surface area (Å²) in [5.41, 5.74) is 1.79. The van der Waals surface area contributed by atoms with Crippen molar-refractivity contribution in [2.45, 2.75) is 49.8 Å². The van der Waals surface area contributed by atoms with E-state index in [9.17, 15) is 0 Å². The first-order chi connectivity index (χ1) is 8.14. The van der Waals surface area contributed by atoms with Gasteiger partial charge in [-0.2, -0.15) is 0 Å². The molecular weight excluding hydrogens is 276 g/mol.